The number of hydrogen-bond acceptors (Lipinski definition) is 3. The second-order valence-corrected chi connectivity index (χ2v) is 6.44. The predicted octanol–water partition coefficient (Wildman–Crippen LogP) is 4.00. The molecule has 2 nitrogen and oxygen atoms in total. The van der Waals surface area contributed by atoms with Crippen LogP contribution in [0.1, 0.15) is 43.5 Å². The van der Waals surface area contributed by atoms with E-state index < -0.39 is 0 Å². The minimum atomic E-state index is -0.230. The van der Waals surface area contributed by atoms with E-state index in [0.717, 1.165) is 22.7 Å². The summed E-state index contributed by atoms with van der Waals surface area (Å²) in [6, 6.07) is 1.81. The zero-order valence-electron chi connectivity index (χ0n) is 10.4. The third-order valence-electron chi connectivity index (χ3n) is 3.89. The maximum absolute atomic E-state index is 6.42. The Bertz CT molecular complexity index is 381. The van der Waals surface area contributed by atoms with E-state index in [4.69, 9.17) is 22.1 Å². The lowest BCUT2D eigenvalue weighted by Crippen LogP contribution is -2.46. The summed E-state index contributed by atoms with van der Waals surface area (Å²) in [5.74, 6) is 0.675. The number of rotatable bonds is 3. The average molecular weight is 274 g/mol. The molecule has 1 saturated carbocycles. The Morgan fingerprint density at radius 2 is 2.41 bits per heavy atom. The summed E-state index contributed by atoms with van der Waals surface area (Å²) in [7, 11) is 1.78. The van der Waals surface area contributed by atoms with E-state index in [0.29, 0.717) is 5.92 Å². The fourth-order valence-corrected chi connectivity index (χ4v) is 4.19. The first-order valence-electron chi connectivity index (χ1n) is 6.12. The second-order valence-electron chi connectivity index (χ2n) is 5.08. The van der Waals surface area contributed by atoms with E-state index in [9.17, 15) is 0 Å². The second kappa shape index (κ2) is 5.27. The standard InChI is InChI=1S/C13H20ClNOS/c1-9-4-3-6-13(8-9,16-2)12(15)11-10(14)5-7-17-11/h5,7,9,12H,3-4,6,8,15H2,1-2H3. The largest absolute Gasteiger partial charge is 0.376 e. The van der Waals surface area contributed by atoms with E-state index in [1.165, 1.54) is 12.8 Å². The highest BCUT2D eigenvalue weighted by Crippen LogP contribution is 2.44. The van der Waals surface area contributed by atoms with Gasteiger partial charge in [-0.1, -0.05) is 31.4 Å². The fourth-order valence-electron chi connectivity index (χ4n) is 2.90. The molecular formula is C13H20ClNOS. The lowest BCUT2D eigenvalue weighted by Gasteiger charge is -2.42. The summed E-state index contributed by atoms with van der Waals surface area (Å²) in [5.41, 5.74) is 6.19. The molecule has 3 atom stereocenters. The molecule has 0 amide bonds. The van der Waals surface area contributed by atoms with Gasteiger partial charge in [0, 0.05) is 12.0 Å². The minimum absolute atomic E-state index is 0.109. The Kier molecular flexibility index (Phi) is 4.14. The fraction of sp³-hybridized carbons (Fsp3) is 0.692. The van der Waals surface area contributed by atoms with Crippen molar-refractivity contribution in [2.45, 2.75) is 44.2 Å². The van der Waals surface area contributed by atoms with E-state index in [2.05, 4.69) is 6.92 Å². The Hall–Kier alpha value is -0.0900. The molecule has 3 unspecified atom stereocenters. The summed E-state index contributed by atoms with van der Waals surface area (Å²) in [5, 5.41) is 2.77. The topological polar surface area (TPSA) is 35.2 Å². The van der Waals surface area contributed by atoms with Gasteiger partial charge < -0.3 is 10.5 Å². The van der Waals surface area contributed by atoms with Gasteiger partial charge in [0.05, 0.1) is 16.7 Å². The van der Waals surface area contributed by atoms with Crippen molar-refractivity contribution in [1.82, 2.24) is 0 Å². The van der Waals surface area contributed by atoms with Crippen molar-refractivity contribution in [1.29, 1.82) is 0 Å². The smallest absolute Gasteiger partial charge is 0.0881 e. The van der Waals surface area contributed by atoms with Crippen LogP contribution in [0.15, 0.2) is 11.4 Å². The van der Waals surface area contributed by atoms with E-state index in [-0.39, 0.29) is 11.6 Å². The summed E-state index contributed by atoms with van der Waals surface area (Å²) in [6.45, 7) is 2.27. The molecule has 4 heteroatoms. The van der Waals surface area contributed by atoms with Crippen LogP contribution in [0, 0.1) is 5.92 Å². The van der Waals surface area contributed by atoms with Gasteiger partial charge in [0.1, 0.15) is 0 Å². The summed E-state index contributed by atoms with van der Waals surface area (Å²) < 4.78 is 5.81. The van der Waals surface area contributed by atoms with Crippen molar-refractivity contribution >= 4 is 22.9 Å². The van der Waals surface area contributed by atoms with Crippen LogP contribution in [0.2, 0.25) is 5.02 Å². The van der Waals surface area contributed by atoms with Crippen molar-refractivity contribution in [3.8, 4) is 0 Å². The zero-order chi connectivity index (χ0) is 12.5. The number of nitrogens with two attached hydrogens (primary N) is 1. The van der Waals surface area contributed by atoms with Gasteiger partial charge >= 0.3 is 0 Å². The molecule has 0 spiro atoms. The van der Waals surface area contributed by atoms with Gasteiger partial charge in [0.25, 0.3) is 0 Å². The van der Waals surface area contributed by atoms with Crippen molar-refractivity contribution < 1.29 is 4.74 Å². The van der Waals surface area contributed by atoms with Crippen LogP contribution in [0.3, 0.4) is 0 Å². The molecular weight excluding hydrogens is 254 g/mol. The summed E-state index contributed by atoms with van der Waals surface area (Å²) in [4.78, 5) is 1.06. The molecule has 1 aliphatic rings. The summed E-state index contributed by atoms with van der Waals surface area (Å²) >= 11 is 7.81. The van der Waals surface area contributed by atoms with Gasteiger partial charge in [0.15, 0.2) is 0 Å². The van der Waals surface area contributed by atoms with Crippen molar-refractivity contribution in [2.75, 3.05) is 7.11 Å². The van der Waals surface area contributed by atoms with Gasteiger partial charge in [-0.3, -0.25) is 0 Å². The Morgan fingerprint density at radius 3 is 2.94 bits per heavy atom. The first-order valence-corrected chi connectivity index (χ1v) is 7.38. The highest BCUT2D eigenvalue weighted by atomic mass is 35.5. The number of methoxy groups -OCH3 is 1. The first-order chi connectivity index (χ1) is 8.09. The first kappa shape index (κ1) is 13.3. The molecule has 96 valence electrons. The minimum Gasteiger partial charge on any atom is -0.376 e. The molecule has 0 aliphatic heterocycles. The van der Waals surface area contributed by atoms with Gasteiger partial charge in [-0.2, -0.15) is 0 Å². The maximum Gasteiger partial charge on any atom is 0.0881 e. The van der Waals surface area contributed by atoms with Crippen LogP contribution in [-0.2, 0) is 4.74 Å². The monoisotopic (exact) mass is 273 g/mol. The van der Waals surface area contributed by atoms with Gasteiger partial charge in [-0.25, -0.2) is 0 Å². The lowest BCUT2D eigenvalue weighted by molar-refractivity contribution is -0.0710. The summed E-state index contributed by atoms with van der Waals surface area (Å²) in [6.07, 6.45) is 4.52. The molecule has 0 saturated heterocycles. The Balaban J connectivity index is 2.26. The molecule has 1 fully saturated rings. The molecule has 1 heterocycles. The van der Waals surface area contributed by atoms with E-state index >= 15 is 0 Å². The molecule has 0 aromatic carbocycles. The molecule has 17 heavy (non-hydrogen) atoms. The van der Waals surface area contributed by atoms with E-state index in [1.807, 2.05) is 11.4 Å². The molecule has 0 bridgehead atoms. The van der Waals surface area contributed by atoms with Crippen LogP contribution >= 0.6 is 22.9 Å². The molecule has 1 aliphatic carbocycles. The van der Waals surface area contributed by atoms with Crippen LogP contribution in [-0.4, -0.2) is 12.7 Å². The molecule has 1 aromatic heterocycles. The quantitative estimate of drug-likeness (QED) is 0.904. The Morgan fingerprint density at radius 1 is 1.65 bits per heavy atom. The van der Waals surface area contributed by atoms with Crippen molar-refractivity contribution in [3.63, 3.8) is 0 Å². The zero-order valence-corrected chi connectivity index (χ0v) is 12.0. The molecule has 1 aromatic rings. The normalized spacial score (nSPS) is 31.4. The van der Waals surface area contributed by atoms with E-state index in [1.54, 1.807) is 18.4 Å². The van der Waals surface area contributed by atoms with Crippen LogP contribution in [0.25, 0.3) is 0 Å². The third-order valence-corrected chi connectivity index (χ3v) is 5.33. The molecule has 0 radical (unpaired) electrons. The predicted molar refractivity (Wildman–Crippen MR) is 73.6 cm³/mol. The SMILES string of the molecule is COC1(C(N)c2sccc2Cl)CCCC(C)C1. The third kappa shape index (κ3) is 2.53. The average Bonchev–Trinajstić information content (AvgIpc) is 2.74. The number of halogens is 1. The maximum atomic E-state index is 6.42. The highest BCUT2D eigenvalue weighted by molar-refractivity contribution is 7.10. The van der Waals surface area contributed by atoms with Crippen molar-refractivity contribution in [2.24, 2.45) is 11.7 Å². The highest BCUT2D eigenvalue weighted by Gasteiger charge is 2.42. The van der Waals surface area contributed by atoms with Gasteiger partial charge in [0.2, 0.25) is 0 Å². The van der Waals surface area contributed by atoms with Crippen LogP contribution in [0.5, 0.6) is 0 Å². The number of thiophene rings is 1. The lowest BCUT2D eigenvalue weighted by atomic mass is 9.74. The molecule has 2 N–H and O–H groups in total. The van der Waals surface area contributed by atoms with Crippen LogP contribution in [0.4, 0.5) is 0 Å². The van der Waals surface area contributed by atoms with Gasteiger partial charge in [-0.15, -0.1) is 11.3 Å². The van der Waals surface area contributed by atoms with Crippen LogP contribution < -0.4 is 5.73 Å². The Labute approximate surface area is 112 Å². The number of ether oxygens (including phenoxy) is 1. The van der Waals surface area contributed by atoms with Crippen molar-refractivity contribution in [3.05, 3.63) is 21.3 Å². The molecule has 2 rings (SSSR count). The number of hydrogen-bond donors (Lipinski definition) is 1. The van der Waals surface area contributed by atoms with Gasteiger partial charge in [-0.05, 0) is 30.2 Å².